The molecule has 28 heavy (non-hydrogen) atoms. The second-order valence-electron chi connectivity index (χ2n) is 6.19. The maximum Gasteiger partial charge on any atom is 0.222 e. The van der Waals surface area contributed by atoms with E-state index in [4.69, 9.17) is 10.5 Å². The molecule has 3 aromatic rings. The maximum absolute atomic E-state index is 11.2. The van der Waals surface area contributed by atoms with Crippen molar-refractivity contribution < 1.29 is 9.53 Å². The molecule has 0 saturated heterocycles. The van der Waals surface area contributed by atoms with Crippen LogP contribution in [0.15, 0.2) is 42.6 Å². The number of aryl methyl sites for hydroxylation is 1. The normalized spacial score (nSPS) is 10.4. The number of amides is 1. The second-order valence-corrected chi connectivity index (χ2v) is 6.19. The number of benzene rings is 1. The van der Waals surface area contributed by atoms with Gasteiger partial charge >= 0.3 is 0 Å². The molecule has 2 heterocycles. The van der Waals surface area contributed by atoms with Crippen molar-refractivity contribution in [2.24, 2.45) is 12.8 Å². The first-order valence-corrected chi connectivity index (χ1v) is 8.69. The van der Waals surface area contributed by atoms with Gasteiger partial charge in [0.05, 0.1) is 17.3 Å². The molecule has 142 valence electrons. The van der Waals surface area contributed by atoms with Gasteiger partial charge in [-0.2, -0.15) is 10.4 Å². The number of aromatic nitrogens is 3. The number of hydrogen-bond acceptors (Lipinski definition) is 6. The van der Waals surface area contributed by atoms with Gasteiger partial charge in [-0.05, 0) is 42.8 Å². The lowest BCUT2D eigenvalue weighted by atomic mass is 10.1. The molecule has 0 unspecified atom stereocenters. The van der Waals surface area contributed by atoms with Crippen LogP contribution in [0.25, 0.3) is 11.3 Å². The zero-order valence-corrected chi connectivity index (χ0v) is 15.6. The van der Waals surface area contributed by atoms with E-state index in [0.717, 1.165) is 17.5 Å². The molecule has 8 heteroatoms. The third-order valence-corrected chi connectivity index (χ3v) is 4.00. The Hall–Kier alpha value is -3.70. The van der Waals surface area contributed by atoms with Gasteiger partial charge in [-0.1, -0.05) is 6.07 Å². The molecule has 1 aromatic carbocycles. The van der Waals surface area contributed by atoms with Crippen LogP contribution in [0.2, 0.25) is 0 Å². The Labute approximate surface area is 162 Å². The van der Waals surface area contributed by atoms with Gasteiger partial charge in [0.15, 0.2) is 5.82 Å². The highest BCUT2D eigenvalue weighted by molar-refractivity contribution is 5.87. The lowest BCUT2D eigenvalue weighted by Crippen LogP contribution is -2.06. The Morgan fingerprint density at radius 3 is 2.79 bits per heavy atom. The smallest absolute Gasteiger partial charge is 0.222 e. The zero-order valence-electron chi connectivity index (χ0n) is 15.6. The van der Waals surface area contributed by atoms with Crippen molar-refractivity contribution in [2.75, 3.05) is 11.9 Å². The number of rotatable bonds is 6. The summed E-state index contributed by atoms with van der Waals surface area (Å²) in [6.45, 7) is 1.97. The van der Waals surface area contributed by atoms with E-state index in [1.165, 1.54) is 11.6 Å². The van der Waals surface area contributed by atoms with Crippen molar-refractivity contribution in [2.45, 2.75) is 13.3 Å². The molecule has 0 aliphatic heterocycles. The molecular formula is C20H20N6O2. The number of pyridine rings is 1. The summed E-state index contributed by atoms with van der Waals surface area (Å²) >= 11 is 0. The van der Waals surface area contributed by atoms with Crippen molar-refractivity contribution >= 4 is 11.7 Å². The monoisotopic (exact) mass is 376 g/mol. The van der Waals surface area contributed by atoms with Gasteiger partial charge < -0.3 is 15.8 Å². The van der Waals surface area contributed by atoms with E-state index in [2.05, 4.69) is 21.5 Å². The van der Waals surface area contributed by atoms with Crippen LogP contribution in [0.5, 0.6) is 11.6 Å². The minimum absolute atomic E-state index is 0.224. The fourth-order valence-electron chi connectivity index (χ4n) is 2.69. The van der Waals surface area contributed by atoms with E-state index in [-0.39, 0.29) is 5.91 Å². The van der Waals surface area contributed by atoms with E-state index in [1.807, 2.05) is 12.1 Å². The van der Waals surface area contributed by atoms with E-state index in [9.17, 15) is 10.1 Å². The number of carbonyl (C=O) groups excluding carboxylic acids is 1. The maximum atomic E-state index is 11.2. The molecule has 0 bridgehead atoms. The van der Waals surface area contributed by atoms with E-state index in [1.54, 1.807) is 37.5 Å². The highest BCUT2D eigenvalue weighted by atomic mass is 16.5. The van der Waals surface area contributed by atoms with E-state index in [0.29, 0.717) is 35.2 Å². The molecule has 8 nitrogen and oxygen atoms in total. The van der Waals surface area contributed by atoms with Crippen molar-refractivity contribution in [1.82, 2.24) is 14.8 Å². The topological polar surface area (TPSA) is 119 Å². The summed E-state index contributed by atoms with van der Waals surface area (Å²) in [4.78, 5) is 15.7. The average Bonchev–Trinajstić information content (AvgIpc) is 3.01. The van der Waals surface area contributed by atoms with Crippen LogP contribution in [-0.4, -0.2) is 27.2 Å². The van der Waals surface area contributed by atoms with Crippen molar-refractivity contribution in [3.05, 3.63) is 53.7 Å². The van der Waals surface area contributed by atoms with Gasteiger partial charge in [0, 0.05) is 31.8 Å². The third-order valence-electron chi connectivity index (χ3n) is 4.00. The summed E-state index contributed by atoms with van der Waals surface area (Å²) in [6, 6.07) is 12.7. The fourth-order valence-corrected chi connectivity index (χ4v) is 2.69. The van der Waals surface area contributed by atoms with Crippen LogP contribution in [0.4, 0.5) is 5.82 Å². The van der Waals surface area contributed by atoms with Crippen LogP contribution in [-0.2, 0) is 18.3 Å². The Morgan fingerprint density at radius 2 is 2.14 bits per heavy atom. The number of nitriles is 1. The van der Waals surface area contributed by atoms with Crippen molar-refractivity contribution in [3.63, 3.8) is 0 Å². The van der Waals surface area contributed by atoms with Crippen LogP contribution in [0.3, 0.4) is 0 Å². The standard InChI is InChI=1S/C20H20N6O2/c1-13(27)24-19-10-20(26(2)25-19)28-18-9-15(11-22)3-5-16(18)17-6-4-14(7-8-21)12-23-17/h3-6,9-10,12H,7-8,21H2,1-2H3,(H,24,25,27). The number of nitrogens with two attached hydrogens (primary N) is 1. The first-order valence-electron chi connectivity index (χ1n) is 8.69. The second kappa shape index (κ2) is 8.33. The molecule has 0 aliphatic rings. The van der Waals surface area contributed by atoms with Crippen LogP contribution < -0.4 is 15.8 Å². The number of anilines is 1. The Balaban J connectivity index is 1.97. The summed E-state index contributed by atoms with van der Waals surface area (Å²) < 4.78 is 7.52. The summed E-state index contributed by atoms with van der Waals surface area (Å²) in [5, 5.41) is 16.0. The quantitative estimate of drug-likeness (QED) is 0.682. The van der Waals surface area contributed by atoms with Gasteiger partial charge in [0.1, 0.15) is 5.75 Å². The number of ether oxygens (including phenoxy) is 1. The highest BCUT2D eigenvalue weighted by Crippen LogP contribution is 2.34. The predicted molar refractivity (Wildman–Crippen MR) is 105 cm³/mol. The molecule has 2 aromatic heterocycles. The van der Waals surface area contributed by atoms with Gasteiger partial charge in [-0.25, -0.2) is 4.68 Å². The number of nitrogens with zero attached hydrogens (tertiary/aromatic N) is 4. The Bertz CT molecular complexity index is 1030. The van der Waals surface area contributed by atoms with Gasteiger partial charge in [-0.3, -0.25) is 9.78 Å². The predicted octanol–water partition coefficient (Wildman–Crippen LogP) is 2.61. The van der Waals surface area contributed by atoms with Crippen LogP contribution in [0.1, 0.15) is 18.1 Å². The lowest BCUT2D eigenvalue weighted by molar-refractivity contribution is -0.114. The first kappa shape index (κ1) is 19.1. The summed E-state index contributed by atoms with van der Waals surface area (Å²) in [5.74, 6) is 1.04. The Morgan fingerprint density at radius 1 is 1.32 bits per heavy atom. The largest absolute Gasteiger partial charge is 0.438 e. The minimum atomic E-state index is -0.224. The first-order chi connectivity index (χ1) is 13.5. The molecular weight excluding hydrogens is 356 g/mol. The average molecular weight is 376 g/mol. The molecule has 0 atom stereocenters. The zero-order chi connectivity index (χ0) is 20.1. The number of carbonyl (C=O) groups is 1. The molecule has 3 rings (SSSR count). The minimum Gasteiger partial charge on any atom is -0.438 e. The highest BCUT2D eigenvalue weighted by Gasteiger charge is 2.14. The molecule has 3 N–H and O–H groups in total. The molecule has 1 amide bonds. The molecule has 0 fully saturated rings. The van der Waals surface area contributed by atoms with Crippen LogP contribution in [0, 0.1) is 11.3 Å². The summed E-state index contributed by atoms with van der Waals surface area (Å²) in [5.41, 5.74) is 8.55. The number of nitrogens with one attached hydrogen (secondary N) is 1. The molecule has 0 spiro atoms. The van der Waals surface area contributed by atoms with Crippen molar-refractivity contribution in [1.29, 1.82) is 5.26 Å². The summed E-state index contributed by atoms with van der Waals surface area (Å²) in [7, 11) is 1.70. The van der Waals surface area contributed by atoms with E-state index >= 15 is 0 Å². The van der Waals surface area contributed by atoms with E-state index < -0.39 is 0 Å². The molecule has 0 saturated carbocycles. The third kappa shape index (κ3) is 4.34. The Kier molecular flexibility index (Phi) is 5.67. The van der Waals surface area contributed by atoms with Gasteiger partial charge in [0.2, 0.25) is 11.8 Å². The summed E-state index contributed by atoms with van der Waals surface area (Å²) in [6.07, 6.45) is 2.54. The fraction of sp³-hybridized carbons (Fsp3) is 0.200. The van der Waals surface area contributed by atoms with Gasteiger partial charge in [0.25, 0.3) is 0 Å². The lowest BCUT2D eigenvalue weighted by Gasteiger charge is -2.11. The van der Waals surface area contributed by atoms with Crippen LogP contribution >= 0.6 is 0 Å². The molecule has 0 aliphatic carbocycles. The van der Waals surface area contributed by atoms with Crippen molar-refractivity contribution in [3.8, 4) is 29.0 Å². The SMILES string of the molecule is CC(=O)Nc1cc(Oc2cc(C#N)ccc2-c2ccc(CCN)cn2)n(C)n1. The van der Waals surface area contributed by atoms with Gasteiger partial charge in [-0.15, -0.1) is 0 Å². The number of hydrogen-bond donors (Lipinski definition) is 2. The molecule has 0 radical (unpaired) electrons.